The van der Waals surface area contributed by atoms with Crippen LogP contribution in [0, 0.1) is 5.82 Å². The molecule has 2 heterocycles. The number of hydrogen-bond acceptors (Lipinski definition) is 6. The van der Waals surface area contributed by atoms with Crippen LogP contribution in [0.3, 0.4) is 0 Å². The van der Waals surface area contributed by atoms with Crippen molar-refractivity contribution in [2.75, 3.05) is 11.1 Å². The van der Waals surface area contributed by atoms with Gasteiger partial charge in [-0.3, -0.25) is 9.59 Å². The first kappa shape index (κ1) is 19.9. The molecule has 0 saturated heterocycles. The van der Waals surface area contributed by atoms with E-state index in [1.54, 1.807) is 23.7 Å². The first-order valence-electron chi connectivity index (χ1n) is 8.01. The molecule has 0 unspecified atom stereocenters. The predicted molar refractivity (Wildman–Crippen MR) is 102 cm³/mol. The highest BCUT2D eigenvalue weighted by Gasteiger charge is 2.14. The summed E-state index contributed by atoms with van der Waals surface area (Å²) in [6, 6.07) is 7.11. The van der Waals surface area contributed by atoms with Crippen LogP contribution < -0.4 is 10.6 Å². The molecule has 0 spiro atoms. The second-order valence-corrected chi connectivity index (χ2v) is 6.93. The molecule has 0 atom stereocenters. The van der Waals surface area contributed by atoms with Gasteiger partial charge in [0.1, 0.15) is 5.82 Å². The third-order valence-corrected chi connectivity index (χ3v) is 4.92. The van der Waals surface area contributed by atoms with Gasteiger partial charge in [0.15, 0.2) is 16.7 Å². The highest BCUT2D eigenvalue weighted by Crippen LogP contribution is 2.20. The lowest BCUT2D eigenvalue weighted by Crippen LogP contribution is -2.24. The number of carbonyl (C=O) groups excluding carboxylic acids is 2. The maximum atomic E-state index is 13.1. The quantitative estimate of drug-likeness (QED) is 0.566. The van der Waals surface area contributed by atoms with Gasteiger partial charge in [0, 0.05) is 12.7 Å². The number of amides is 2. The molecular weight excluding hydrogens is 409 g/mol. The molecule has 3 aromatic rings. The summed E-state index contributed by atoms with van der Waals surface area (Å²) in [5, 5.41) is 13.8. The normalized spacial score (nSPS) is 10.7. The molecule has 0 aliphatic carbocycles. The Labute approximate surface area is 168 Å². The summed E-state index contributed by atoms with van der Waals surface area (Å²) in [7, 11) is 1.73. The minimum Gasteiger partial charge on any atom is -0.459 e. The molecule has 1 aromatic carbocycles. The van der Waals surface area contributed by atoms with Gasteiger partial charge in [-0.1, -0.05) is 23.4 Å². The second kappa shape index (κ2) is 8.89. The van der Waals surface area contributed by atoms with E-state index in [4.69, 9.17) is 16.0 Å². The van der Waals surface area contributed by atoms with Crippen LogP contribution in [0.1, 0.15) is 16.4 Å². The molecule has 0 saturated carbocycles. The van der Waals surface area contributed by atoms with Gasteiger partial charge in [-0.25, -0.2) is 4.39 Å². The summed E-state index contributed by atoms with van der Waals surface area (Å²) < 4.78 is 19.8. The Balaban J connectivity index is 1.51. The molecular formula is C17H15ClFN5O3S. The number of halogens is 2. The summed E-state index contributed by atoms with van der Waals surface area (Å²) in [6.45, 7) is 0.157. The van der Waals surface area contributed by atoms with Crippen molar-refractivity contribution in [2.24, 2.45) is 7.05 Å². The van der Waals surface area contributed by atoms with E-state index in [-0.39, 0.29) is 34.9 Å². The Kier molecular flexibility index (Phi) is 6.32. The lowest BCUT2D eigenvalue weighted by molar-refractivity contribution is -0.113. The van der Waals surface area contributed by atoms with Crippen molar-refractivity contribution in [3.05, 3.63) is 59.0 Å². The van der Waals surface area contributed by atoms with Gasteiger partial charge in [0.25, 0.3) is 5.91 Å². The predicted octanol–water partition coefficient (Wildman–Crippen LogP) is 2.86. The number of hydrogen-bond donors (Lipinski definition) is 2. The molecule has 3 rings (SSSR count). The first-order valence-corrected chi connectivity index (χ1v) is 9.38. The van der Waals surface area contributed by atoms with E-state index in [0.29, 0.717) is 16.7 Å². The van der Waals surface area contributed by atoms with Crippen LogP contribution >= 0.6 is 23.4 Å². The largest absolute Gasteiger partial charge is 0.459 e. The van der Waals surface area contributed by atoms with Crippen LogP contribution in [0.2, 0.25) is 5.02 Å². The minimum absolute atomic E-state index is 0.0692. The number of nitrogens with zero attached hydrogens (tertiary/aromatic N) is 3. The van der Waals surface area contributed by atoms with Crippen molar-refractivity contribution < 1.29 is 18.4 Å². The van der Waals surface area contributed by atoms with Crippen LogP contribution in [-0.2, 0) is 18.4 Å². The molecule has 0 aliphatic rings. The van der Waals surface area contributed by atoms with Crippen molar-refractivity contribution in [2.45, 2.75) is 11.7 Å². The molecule has 0 bridgehead atoms. The van der Waals surface area contributed by atoms with E-state index in [9.17, 15) is 14.0 Å². The van der Waals surface area contributed by atoms with E-state index in [1.807, 2.05) is 0 Å². The fourth-order valence-corrected chi connectivity index (χ4v) is 3.09. The van der Waals surface area contributed by atoms with Crippen molar-refractivity contribution >= 4 is 40.9 Å². The van der Waals surface area contributed by atoms with E-state index in [2.05, 4.69) is 20.8 Å². The van der Waals surface area contributed by atoms with Gasteiger partial charge >= 0.3 is 0 Å². The molecule has 11 heteroatoms. The Morgan fingerprint density at radius 1 is 1.32 bits per heavy atom. The van der Waals surface area contributed by atoms with Crippen molar-refractivity contribution in [1.82, 2.24) is 20.1 Å². The summed E-state index contributed by atoms with van der Waals surface area (Å²) in [5.74, 6) is -0.426. The molecule has 8 nitrogen and oxygen atoms in total. The van der Waals surface area contributed by atoms with Crippen molar-refractivity contribution in [1.29, 1.82) is 0 Å². The molecule has 0 aliphatic heterocycles. The molecule has 0 radical (unpaired) electrons. The zero-order valence-electron chi connectivity index (χ0n) is 14.6. The van der Waals surface area contributed by atoms with Crippen molar-refractivity contribution in [3.8, 4) is 0 Å². The Morgan fingerprint density at radius 3 is 2.86 bits per heavy atom. The van der Waals surface area contributed by atoms with Crippen molar-refractivity contribution in [3.63, 3.8) is 0 Å². The topological polar surface area (TPSA) is 102 Å². The maximum absolute atomic E-state index is 13.1. The Hall–Kier alpha value is -2.85. The fourth-order valence-electron chi connectivity index (χ4n) is 2.18. The Morgan fingerprint density at radius 2 is 2.14 bits per heavy atom. The number of benzene rings is 1. The molecule has 2 N–H and O–H groups in total. The highest BCUT2D eigenvalue weighted by atomic mass is 35.5. The number of aromatic nitrogens is 3. The van der Waals surface area contributed by atoms with Gasteiger partial charge in [-0.05, 0) is 30.3 Å². The minimum atomic E-state index is -0.556. The smallest absolute Gasteiger partial charge is 0.287 e. The summed E-state index contributed by atoms with van der Waals surface area (Å²) in [4.78, 5) is 23.9. The van der Waals surface area contributed by atoms with Crippen LogP contribution in [0.5, 0.6) is 0 Å². The average molecular weight is 424 g/mol. The molecule has 2 aromatic heterocycles. The standard InChI is InChI=1S/C17H15ClFN5O3S/c1-24-14(8-20-16(26)13-3-2-6-27-13)22-23-17(24)28-9-15(25)21-10-4-5-12(19)11(18)7-10/h2-7H,8-9H2,1H3,(H,20,26)(H,21,25). The second-order valence-electron chi connectivity index (χ2n) is 5.58. The summed E-state index contributed by atoms with van der Waals surface area (Å²) >= 11 is 6.86. The third-order valence-electron chi connectivity index (χ3n) is 3.61. The monoisotopic (exact) mass is 423 g/mol. The van der Waals surface area contributed by atoms with E-state index in [0.717, 1.165) is 0 Å². The van der Waals surface area contributed by atoms with E-state index in [1.165, 1.54) is 36.2 Å². The van der Waals surface area contributed by atoms with Gasteiger partial charge in [0.05, 0.1) is 23.6 Å². The SMILES string of the molecule is Cn1c(CNC(=O)c2ccco2)nnc1SCC(=O)Nc1ccc(F)c(Cl)c1. The maximum Gasteiger partial charge on any atom is 0.287 e. The number of carbonyl (C=O) groups is 2. The van der Waals surface area contributed by atoms with Gasteiger partial charge in [0.2, 0.25) is 5.91 Å². The molecule has 146 valence electrons. The van der Waals surface area contributed by atoms with Gasteiger partial charge in [-0.2, -0.15) is 0 Å². The number of furan rings is 1. The number of thioether (sulfide) groups is 1. The molecule has 0 fully saturated rings. The molecule has 2 amide bonds. The third kappa shape index (κ3) is 4.90. The average Bonchev–Trinajstić information content (AvgIpc) is 3.32. The van der Waals surface area contributed by atoms with Gasteiger partial charge in [-0.15, -0.1) is 10.2 Å². The molecule has 28 heavy (non-hydrogen) atoms. The van der Waals surface area contributed by atoms with Crippen LogP contribution in [0.15, 0.2) is 46.2 Å². The highest BCUT2D eigenvalue weighted by molar-refractivity contribution is 7.99. The number of anilines is 1. The van der Waals surface area contributed by atoms with E-state index >= 15 is 0 Å². The van der Waals surface area contributed by atoms with Crippen LogP contribution in [-0.4, -0.2) is 32.3 Å². The summed E-state index contributed by atoms with van der Waals surface area (Å²) in [6.07, 6.45) is 1.41. The lowest BCUT2D eigenvalue weighted by atomic mass is 10.3. The lowest BCUT2D eigenvalue weighted by Gasteiger charge is -2.06. The fraction of sp³-hybridized carbons (Fsp3) is 0.176. The first-order chi connectivity index (χ1) is 13.4. The van der Waals surface area contributed by atoms with Crippen LogP contribution in [0.25, 0.3) is 0 Å². The van der Waals surface area contributed by atoms with E-state index < -0.39 is 5.82 Å². The summed E-state index contributed by atoms with van der Waals surface area (Å²) in [5.41, 5.74) is 0.399. The Bertz CT molecular complexity index is 993. The van der Waals surface area contributed by atoms with Crippen LogP contribution in [0.4, 0.5) is 10.1 Å². The van der Waals surface area contributed by atoms with Gasteiger partial charge < -0.3 is 19.6 Å². The number of rotatable bonds is 7. The zero-order chi connectivity index (χ0) is 20.1. The number of nitrogens with one attached hydrogen (secondary N) is 2. The zero-order valence-corrected chi connectivity index (χ0v) is 16.2.